The van der Waals surface area contributed by atoms with Crippen LogP contribution in [0.25, 0.3) is 0 Å². The van der Waals surface area contributed by atoms with Gasteiger partial charge in [-0.05, 0) is 97.2 Å². The smallest absolute Gasteiger partial charge is 0.254 e. The quantitative estimate of drug-likeness (QED) is 0.0362. The molecule has 4 aromatic carbocycles. The third-order valence-corrected chi connectivity index (χ3v) is 13.6. The first kappa shape index (κ1) is 44.3. The van der Waals surface area contributed by atoms with E-state index in [1.54, 1.807) is 48.0 Å². The zero-order valence-electron chi connectivity index (χ0n) is 35.9. The Balaban J connectivity index is 1.24. The molecule has 6 unspecified atom stereocenters. The van der Waals surface area contributed by atoms with Crippen LogP contribution in [0.5, 0.6) is 23.0 Å². The molecule has 332 valence electrons. The zero-order chi connectivity index (χ0) is 43.6. The van der Waals surface area contributed by atoms with E-state index < -0.39 is 17.7 Å². The van der Waals surface area contributed by atoms with Crippen molar-refractivity contribution in [2.24, 2.45) is 22.9 Å². The second-order valence-corrected chi connectivity index (χ2v) is 17.7. The van der Waals surface area contributed by atoms with E-state index in [4.69, 9.17) is 33.7 Å². The molecular weight excluding hydrogens is 817 g/mol. The minimum absolute atomic E-state index is 0.0855. The molecule has 2 N–H and O–H groups in total. The Hall–Kier alpha value is -5.27. The van der Waals surface area contributed by atoms with E-state index in [0.29, 0.717) is 42.3 Å². The number of carbonyl (C=O) groups excluding carboxylic acids is 1. The van der Waals surface area contributed by atoms with Gasteiger partial charge in [-0.2, -0.15) is 0 Å². The first-order valence-electron chi connectivity index (χ1n) is 22.2. The predicted molar refractivity (Wildman–Crippen MR) is 244 cm³/mol. The lowest BCUT2D eigenvalue weighted by atomic mass is 9.55. The van der Waals surface area contributed by atoms with Crippen molar-refractivity contribution in [3.05, 3.63) is 138 Å². The van der Waals surface area contributed by atoms with Gasteiger partial charge in [0.05, 0.1) is 24.8 Å². The fourth-order valence-corrected chi connectivity index (χ4v) is 10.5. The number of oxime groups is 1. The molecule has 1 saturated carbocycles. The maximum absolute atomic E-state index is 14.8. The second kappa shape index (κ2) is 20.9. The topological polar surface area (TPSA) is 129 Å². The Kier molecular flexibility index (Phi) is 14.7. The van der Waals surface area contributed by atoms with Crippen LogP contribution in [-0.2, 0) is 16.2 Å². The Morgan fingerprint density at radius 1 is 0.921 bits per heavy atom. The van der Waals surface area contributed by atoms with Gasteiger partial charge in [0.15, 0.2) is 11.5 Å². The highest BCUT2D eigenvalue weighted by Crippen LogP contribution is 2.62. The first-order chi connectivity index (χ1) is 30.9. The predicted octanol–water partition coefficient (Wildman–Crippen LogP) is 9.19. The molecule has 0 bridgehead atoms. The van der Waals surface area contributed by atoms with Crippen molar-refractivity contribution < 1.29 is 43.5 Å². The summed E-state index contributed by atoms with van der Waals surface area (Å²) < 4.78 is 32.1. The molecule has 63 heavy (non-hydrogen) atoms. The summed E-state index contributed by atoms with van der Waals surface area (Å²) in [7, 11) is 1.80. The van der Waals surface area contributed by atoms with Crippen LogP contribution in [0.1, 0.15) is 72.3 Å². The summed E-state index contributed by atoms with van der Waals surface area (Å²) in [6.07, 6.45) is 9.06. The van der Waals surface area contributed by atoms with Gasteiger partial charge in [0.1, 0.15) is 24.1 Å². The molecule has 4 aliphatic rings. The van der Waals surface area contributed by atoms with Crippen molar-refractivity contribution >= 4 is 23.4 Å². The number of aliphatic hydroxyl groups is 2. The molecule has 8 rings (SSSR count). The number of allylic oxidation sites excluding steroid dienone is 1. The van der Waals surface area contributed by atoms with Gasteiger partial charge in [0.2, 0.25) is 12.6 Å². The molecule has 0 aromatic heterocycles. The van der Waals surface area contributed by atoms with Crippen LogP contribution in [-0.4, -0.2) is 84.6 Å². The highest BCUT2D eigenvalue weighted by molar-refractivity contribution is 7.99. The van der Waals surface area contributed by atoms with E-state index in [1.807, 2.05) is 60.7 Å². The van der Waals surface area contributed by atoms with Gasteiger partial charge in [-0.25, -0.2) is 0 Å². The summed E-state index contributed by atoms with van der Waals surface area (Å²) in [6.45, 7) is 5.31. The van der Waals surface area contributed by atoms with E-state index in [9.17, 15) is 15.0 Å². The summed E-state index contributed by atoms with van der Waals surface area (Å²) in [5.41, 5.74) is 4.13. The lowest BCUT2D eigenvalue weighted by molar-refractivity contribution is -0.252. The molecular formula is C51H58N2O9S. The lowest BCUT2D eigenvalue weighted by Crippen LogP contribution is -2.69. The molecule has 0 radical (unpaired) electrons. The van der Waals surface area contributed by atoms with Gasteiger partial charge < -0.3 is 43.6 Å². The number of nitrogens with zero attached hydrogens (tertiary/aromatic N) is 2. The number of carbonyl (C=O) groups is 1. The van der Waals surface area contributed by atoms with E-state index in [-0.39, 0.29) is 63.3 Å². The van der Waals surface area contributed by atoms with Crippen LogP contribution < -0.4 is 18.9 Å². The fourth-order valence-electron chi connectivity index (χ4n) is 9.79. The summed E-state index contributed by atoms with van der Waals surface area (Å²) in [6, 6.07) is 30.9. The molecule has 2 aliphatic heterocycles. The monoisotopic (exact) mass is 874 g/mol. The van der Waals surface area contributed by atoms with Crippen LogP contribution in [0, 0.1) is 17.8 Å². The van der Waals surface area contributed by atoms with Crippen LogP contribution in [0.15, 0.2) is 131 Å². The lowest BCUT2D eigenvalue weighted by Gasteiger charge is -2.59. The Labute approximate surface area is 374 Å². The molecule has 2 heterocycles. The minimum atomic E-state index is -1.38. The molecule has 11 nitrogen and oxygen atoms in total. The maximum Gasteiger partial charge on any atom is 0.254 e. The van der Waals surface area contributed by atoms with Gasteiger partial charge in [0, 0.05) is 54.4 Å². The third kappa shape index (κ3) is 9.79. The molecule has 0 spiro atoms. The number of aliphatic hydroxyl groups excluding tert-OH is 2. The van der Waals surface area contributed by atoms with Crippen LogP contribution in [0.2, 0.25) is 0 Å². The summed E-state index contributed by atoms with van der Waals surface area (Å²) >= 11 is 1.75. The number of benzene rings is 4. The Morgan fingerprint density at radius 3 is 2.44 bits per heavy atom. The Bertz CT molecular complexity index is 2240. The molecule has 12 heteroatoms. The van der Waals surface area contributed by atoms with Crippen molar-refractivity contribution in [3.8, 4) is 23.0 Å². The summed E-state index contributed by atoms with van der Waals surface area (Å²) in [5.74, 6) is 1.26. The van der Waals surface area contributed by atoms with Crippen molar-refractivity contribution in [1.29, 1.82) is 0 Å². The molecule has 4 aromatic rings. The fraction of sp³-hybridized carbons (Fsp3) is 0.412. The summed E-state index contributed by atoms with van der Waals surface area (Å²) in [4.78, 5) is 23.9. The van der Waals surface area contributed by atoms with Crippen molar-refractivity contribution in [2.75, 3.05) is 46.0 Å². The Morgan fingerprint density at radius 2 is 1.67 bits per heavy atom. The van der Waals surface area contributed by atoms with Crippen molar-refractivity contribution in [2.45, 2.75) is 74.2 Å². The van der Waals surface area contributed by atoms with Crippen LogP contribution >= 0.6 is 11.8 Å². The average molecular weight is 875 g/mol. The zero-order valence-corrected chi connectivity index (χ0v) is 36.8. The van der Waals surface area contributed by atoms with E-state index in [0.717, 1.165) is 59.6 Å². The standard InChI is InChI=1S/C51H58N2O9S/c1-3-26-60-51-47(53(2)50(56)37-20-22-45-46(30-37)59-34-58-45)32-43(52-61-33-35-14-6-4-7-15-35)41-29-36(16-10-12-24-54)40(19-11-13-25-55)48(49(41)51)42-31-38(21-23-44(42)62-51)57-27-28-63-39-17-8-5-9-18-39/h3-9,14-15,17-18,20-23,29-31,36,40,47-49,54-55H,1,10-13,16,19,24-28,32-34H2,2H3. The number of hydrogen-bond acceptors (Lipinski definition) is 11. The molecule has 2 aliphatic carbocycles. The average Bonchev–Trinajstić information content (AvgIpc) is 3.80. The number of amides is 1. The highest BCUT2D eigenvalue weighted by atomic mass is 32.2. The molecule has 1 amide bonds. The number of unbranched alkanes of at least 4 members (excludes halogenated alkanes) is 2. The van der Waals surface area contributed by atoms with Crippen LogP contribution in [0.3, 0.4) is 0 Å². The van der Waals surface area contributed by atoms with E-state index >= 15 is 0 Å². The van der Waals surface area contributed by atoms with Gasteiger partial charge >= 0.3 is 0 Å². The number of hydrogen-bond donors (Lipinski definition) is 2. The minimum Gasteiger partial charge on any atom is -0.493 e. The number of ether oxygens (including phenoxy) is 5. The third-order valence-electron chi connectivity index (χ3n) is 12.7. The van der Waals surface area contributed by atoms with Gasteiger partial charge in [-0.15, -0.1) is 18.3 Å². The van der Waals surface area contributed by atoms with Gasteiger partial charge in [-0.3, -0.25) is 4.79 Å². The number of rotatable bonds is 21. The van der Waals surface area contributed by atoms with Crippen molar-refractivity contribution in [3.63, 3.8) is 0 Å². The van der Waals surface area contributed by atoms with Crippen LogP contribution in [0.4, 0.5) is 0 Å². The number of likely N-dealkylation sites (N-methyl/N-ethyl adjacent to an activating group) is 1. The molecule has 1 fully saturated rings. The second-order valence-electron chi connectivity index (χ2n) is 16.5. The summed E-state index contributed by atoms with van der Waals surface area (Å²) in [5, 5.41) is 24.8. The first-order valence-corrected chi connectivity index (χ1v) is 23.1. The van der Waals surface area contributed by atoms with Gasteiger partial charge in [0.25, 0.3) is 5.91 Å². The van der Waals surface area contributed by atoms with Gasteiger partial charge in [-0.1, -0.05) is 78.7 Å². The molecule has 0 saturated heterocycles. The van der Waals surface area contributed by atoms with E-state index in [1.165, 1.54) is 4.90 Å². The van der Waals surface area contributed by atoms with E-state index in [2.05, 4.69) is 30.9 Å². The molecule has 6 atom stereocenters. The number of thioether (sulfide) groups is 1. The van der Waals surface area contributed by atoms with Crippen molar-refractivity contribution in [1.82, 2.24) is 4.90 Å². The highest BCUT2D eigenvalue weighted by Gasteiger charge is 2.65. The number of fused-ring (bicyclic) bond motifs is 3. The SMILES string of the molecule is C=CCOC12Oc3ccc(OCCSc4ccccc4)cc3C3C(CCCCO)C(CCCCO)C=C(C(=NOCc4ccccc4)CC1N(C)C(=O)c1ccc4c(c1)OCO4)C32. The maximum atomic E-state index is 14.8. The largest absolute Gasteiger partial charge is 0.493 e. The normalized spacial score (nSPS) is 23.5.